The third-order valence-electron chi connectivity index (χ3n) is 2.34. The first-order valence-corrected chi connectivity index (χ1v) is 5.46. The second kappa shape index (κ2) is 4.51. The molecule has 1 aromatic heterocycles. The molecule has 1 aromatic rings. The van der Waals surface area contributed by atoms with E-state index in [-0.39, 0.29) is 5.28 Å². The minimum Gasteiger partial charge on any atom is -0.378 e. The van der Waals surface area contributed by atoms with E-state index in [0.29, 0.717) is 18.4 Å². The van der Waals surface area contributed by atoms with Crippen LogP contribution in [0.15, 0.2) is 0 Å². The Morgan fingerprint density at radius 1 is 1.20 bits per heavy atom. The van der Waals surface area contributed by atoms with Gasteiger partial charge in [0.2, 0.25) is 5.28 Å². The highest BCUT2D eigenvalue weighted by Crippen LogP contribution is 2.25. The lowest BCUT2D eigenvalue weighted by Gasteiger charge is -2.29. The van der Waals surface area contributed by atoms with Crippen LogP contribution in [0.1, 0.15) is 5.56 Å². The lowest BCUT2D eigenvalue weighted by molar-refractivity contribution is 0.122. The van der Waals surface area contributed by atoms with Crippen molar-refractivity contribution in [2.45, 2.75) is 6.92 Å². The number of hydrogen-bond donors (Lipinski definition) is 0. The zero-order valence-corrected chi connectivity index (χ0v) is 9.85. The van der Waals surface area contributed by atoms with E-state index in [1.165, 1.54) is 0 Å². The number of halogens is 2. The van der Waals surface area contributed by atoms with Gasteiger partial charge in [-0.1, -0.05) is 11.6 Å². The van der Waals surface area contributed by atoms with Crippen molar-refractivity contribution in [3.8, 4) is 0 Å². The van der Waals surface area contributed by atoms with Crippen LogP contribution in [0, 0.1) is 6.92 Å². The first-order valence-electron chi connectivity index (χ1n) is 4.71. The maximum absolute atomic E-state index is 5.94. The summed E-state index contributed by atoms with van der Waals surface area (Å²) < 4.78 is 5.27. The normalized spacial score (nSPS) is 16.9. The van der Waals surface area contributed by atoms with Gasteiger partial charge in [-0.2, -0.15) is 0 Å². The summed E-state index contributed by atoms with van der Waals surface area (Å²) in [4.78, 5) is 10.2. The number of aromatic nitrogens is 2. The number of hydrogen-bond acceptors (Lipinski definition) is 4. The number of nitrogens with zero attached hydrogens (tertiary/aromatic N) is 3. The molecule has 0 aromatic carbocycles. The van der Waals surface area contributed by atoms with Crippen molar-refractivity contribution in [1.82, 2.24) is 9.97 Å². The Kier molecular flexibility index (Phi) is 3.29. The van der Waals surface area contributed by atoms with E-state index in [1.807, 2.05) is 6.92 Å². The zero-order valence-electron chi connectivity index (χ0n) is 8.33. The number of rotatable bonds is 1. The van der Waals surface area contributed by atoms with Gasteiger partial charge in [0.25, 0.3) is 0 Å². The van der Waals surface area contributed by atoms with Crippen molar-refractivity contribution in [1.29, 1.82) is 0 Å². The fourth-order valence-electron chi connectivity index (χ4n) is 1.54. The van der Waals surface area contributed by atoms with Gasteiger partial charge in [-0.15, -0.1) is 0 Å². The average Bonchev–Trinajstić information content (AvgIpc) is 2.24. The summed E-state index contributed by atoms with van der Waals surface area (Å²) in [6.07, 6.45) is 0. The van der Waals surface area contributed by atoms with Crippen molar-refractivity contribution < 1.29 is 4.74 Å². The number of morpholine rings is 1. The first kappa shape index (κ1) is 10.9. The van der Waals surface area contributed by atoms with Crippen molar-refractivity contribution in [3.05, 3.63) is 16.0 Å². The van der Waals surface area contributed by atoms with Gasteiger partial charge in [-0.05, 0) is 18.5 Å². The monoisotopic (exact) mass is 247 g/mol. The highest BCUT2D eigenvalue weighted by molar-refractivity contribution is 6.32. The van der Waals surface area contributed by atoms with Crippen LogP contribution in [0.4, 0.5) is 5.82 Å². The van der Waals surface area contributed by atoms with Crippen LogP contribution in [-0.2, 0) is 4.74 Å². The molecule has 82 valence electrons. The largest absolute Gasteiger partial charge is 0.378 e. The van der Waals surface area contributed by atoms with E-state index in [9.17, 15) is 0 Å². The quantitative estimate of drug-likeness (QED) is 0.562. The predicted octanol–water partition coefficient (Wildman–Crippen LogP) is 1.93. The number of ether oxygens (including phenoxy) is 1. The Bertz CT molecular complexity index is 367. The van der Waals surface area contributed by atoms with E-state index >= 15 is 0 Å². The molecule has 0 unspecified atom stereocenters. The van der Waals surface area contributed by atoms with Crippen molar-refractivity contribution in [2.75, 3.05) is 31.2 Å². The smallest absolute Gasteiger partial charge is 0.225 e. The Morgan fingerprint density at radius 3 is 2.53 bits per heavy atom. The zero-order chi connectivity index (χ0) is 10.8. The summed E-state index contributed by atoms with van der Waals surface area (Å²) in [6.45, 7) is 4.93. The molecule has 2 heterocycles. The van der Waals surface area contributed by atoms with Gasteiger partial charge in [-0.25, -0.2) is 9.97 Å². The Balaban J connectivity index is 2.33. The van der Waals surface area contributed by atoms with E-state index in [2.05, 4.69) is 14.9 Å². The molecule has 0 radical (unpaired) electrons. The molecule has 0 aliphatic carbocycles. The molecule has 15 heavy (non-hydrogen) atoms. The lowest BCUT2D eigenvalue weighted by Crippen LogP contribution is -2.37. The van der Waals surface area contributed by atoms with Crippen LogP contribution in [0.3, 0.4) is 0 Å². The SMILES string of the molecule is Cc1c(Cl)nc(Cl)nc1N1CCOCC1. The van der Waals surface area contributed by atoms with E-state index in [4.69, 9.17) is 27.9 Å². The molecule has 1 aliphatic rings. The Morgan fingerprint density at radius 2 is 1.87 bits per heavy atom. The molecular weight excluding hydrogens is 237 g/mol. The molecule has 0 spiro atoms. The van der Waals surface area contributed by atoms with Crippen LogP contribution in [0.25, 0.3) is 0 Å². The van der Waals surface area contributed by atoms with Gasteiger partial charge in [0, 0.05) is 18.7 Å². The fraction of sp³-hybridized carbons (Fsp3) is 0.556. The van der Waals surface area contributed by atoms with Gasteiger partial charge < -0.3 is 9.64 Å². The third-order valence-corrected chi connectivity index (χ3v) is 2.88. The van der Waals surface area contributed by atoms with Crippen LogP contribution in [0.5, 0.6) is 0 Å². The van der Waals surface area contributed by atoms with Gasteiger partial charge in [0.1, 0.15) is 11.0 Å². The maximum atomic E-state index is 5.94. The molecule has 1 saturated heterocycles. The summed E-state index contributed by atoms with van der Waals surface area (Å²) in [6, 6.07) is 0. The molecule has 2 rings (SSSR count). The molecule has 6 heteroatoms. The van der Waals surface area contributed by atoms with E-state index in [1.54, 1.807) is 0 Å². The van der Waals surface area contributed by atoms with Gasteiger partial charge in [-0.3, -0.25) is 0 Å². The maximum Gasteiger partial charge on any atom is 0.225 e. The molecule has 1 aliphatic heterocycles. The minimum atomic E-state index is 0.187. The standard InChI is InChI=1S/C9H11Cl2N3O/c1-6-7(10)12-9(11)13-8(6)14-2-4-15-5-3-14/h2-5H2,1H3. The lowest BCUT2D eigenvalue weighted by atomic mass is 10.3. The van der Waals surface area contributed by atoms with Gasteiger partial charge in [0.15, 0.2) is 0 Å². The van der Waals surface area contributed by atoms with E-state index < -0.39 is 0 Å². The molecule has 0 saturated carbocycles. The van der Waals surface area contributed by atoms with Crippen LogP contribution in [0.2, 0.25) is 10.4 Å². The Labute approximate surface area is 98.2 Å². The van der Waals surface area contributed by atoms with Crippen molar-refractivity contribution in [2.24, 2.45) is 0 Å². The summed E-state index contributed by atoms with van der Waals surface area (Å²) in [5.74, 6) is 0.809. The Hall–Kier alpha value is -0.580. The number of anilines is 1. The molecule has 0 amide bonds. The van der Waals surface area contributed by atoms with Crippen LogP contribution >= 0.6 is 23.2 Å². The van der Waals surface area contributed by atoms with Gasteiger partial charge in [0.05, 0.1) is 13.2 Å². The molecule has 0 bridgehead atoms. The van der Waals surface area contributed by atoms with Crippen LogP contribution in [-0.4, -0.2) is 36.3 Å². The average molecular weight is 248 g/mol. The third kappa shape index (κ3) is 2.33. The van der Waals surface area contributed by atoms with Crippen molar-refractivity contribution in [3.63, 3.8) is 0 Å². The highest BCUT2D eigenvalue weighted by Gasteiger charge is 2.17. The molecule has 4 nitrogen and oxygen atoms in total. The van der Waals surface area contributed by atoms with Gasteiger partial charge >= 0.3 is 0 Å². The van der Waals surface area contributed by atoms with Crippen molar-refractivity contribution >= 4 is 29.0 Å². The summed E-state index contributed by atoms with van der Waals surface area (Å²) in [5, 5.41) is 0.601. The van der Waals surface area contributed by atoms with Crippen LogP contribution < -0.4 is 4.90 Å². The molecule has 1 fully saturated rings. The fourth-order valence-corrected chi connectivity index (χ4v) is 1.91. The molecular formula is C9H11Cl2N3O. The molecule has 0 N–H and O–H groups in total. The summed E-state index contributed by atoms with van der Waals surface area (Å²) in [7, 11) is 0. The molecule has 0 atom stereocenters. The van der Waals surface area contributed by atoms with E-state index in [0.717, 1.165) is 24.5 Å². The highest BCUT2D eigenvalue weighted by atomic mass is 35.5. The summed E-state index contributed by atoms with van der Waals surface area (Å²) >= 11 is 11.7. The predicted molar refractivity (Wildman–Crippen MR) is 59.8 cm³/mol. The topological polar surface area (TPSA) is 38.2 Å². The minimum absolute atomic E-state index is 0.187. The summed E-state index contributed by atoms with van der Waals surface area (Å²) in [5.41, 5.74) is 0.864. The second-order valence-corrected chi connectivity index (χ2v) is 4.03. The second-order valence-electron chi connectivity index (χ2n) is 3.33. The first-order chi connectivity index (χ1) is 7.18.